The van der Waals surface area contributed by atoms with E-state index in [1.165, 1.54) is 5.69 Å². The summed E-state index contributed by atoms with van der Waals surface area (Å²) >= 11 is 1.80. The first kappa shape index (κ1) is 23.1. The van der Waals surface area contributed by atoms with E-state index in [0.29, 0.717) is 0 Å². The van der Waals surface area contributed by atoms with Crippen LogP contribution in [0.5, 0.6) is 0 Å². The number of rotatable bonds is 10. The molecule has 0 saturated heterocycles. The highest BCUT2D eigenvalue weighted by molar-refractivity contribution is 7.99. The second-order valence-corrected chi connectivity index (χ2v) is 9.60. The molecule has 3 aromatic heterocycles. The monoisotopic (exact) mass is 479 g/mol. The predicted octanol–water partition coefficient (Wildman–Crippen LogP) is 7.27. The normalized spacial score (nSPS) is 11.1. The van der Waals surface area contributed by atoms with Crippen LogP contribution in [-0.4, -0.2) is 30.5 Å². The van der Waals surface area contributed by atoms with Crippen LogP contribution in [0.2, 0.25) is 0 Å². The number of unbranched alkanes of at least 4 members (excludes halogenated alkanes) is 2. The number of hydrogen-bond acceptors (Lipinski definition) is 4. The van der Waals surface area contributed by atoms with E-state index < -0.39 is 0 Å². The molecule has 6 heteroatoms. The van der Waals surface area contributed by atoms with Gasteiger partial charge in [-0.05, 0) is 38.0 Å². The summed E-state index contributed by atoms with van der Waals surface area (Å²) in [5, 5.41) is 5.73. The van der Waals surface area contributed by atoms with Crippen LogP contribution in [0, 0.1) is 6.92 Å². The van der Waals surface area contributed by atoms with Gasteiger partial charge >= 0.3 is 0 Å². The summed E-state index contributed by atoms with van der Waals surface area (Å²) in [5.41, 5.74) is 7.43. The van der Waals surface area contributed by atoms with Gasteiger partial charge in [0.05, 0.1) is 17.1 Å². The fourth-order valence-corrected chi connectivity index (χ4v) is 5.00. The molecule has 0 unspecified atom stereocenters. The van der Waals surface area contributed by atoms with E-state index in [1.54, 1.807) is 11.8 Å². The minimum Gasteiger partial charge on any atom is -0.332 e. The number of benzene rings is 2. The molecule has 2 aromatic carbocycles. The van der Waals surface area contributed by atoms with Crippen molar-refractivity contribution in [3.63, 3.8) is 0 Å². The van der Waals surface area contributed by atoms with E-state index in [1.807, 2.05) is 36.5 Å². The van der Waals surface area contributed by atoms with Crippen molar-refractivity contribution in [3.05, 3.63) is 96.8 Å². The molecule has 5 nitrogen and oxygen atoms in total. The lowest BCUT2D eigenvalue weighted by Gasteiger charge is -2.04. The molecule has 0 fully saturated rings. The van der Waals surface area contributed by atoms with Crippen molar-refractivity contribution in [1.29, 1.82) is 0 Å². The molecular formula is C29H29N5S. The number of H-pyrrole nitrogens is 1. The third-order valence-corrected chi connectivity index (χ3v) is 6.91. The van der Waals surface area contributed by atoms with E-state index in [0.717, 1.165) is 70.6 Å². The van der Waals surface area contributed by atoms with Crippen LogP contribution >= 0.6 is 11.8 Å². The molecule has 0 saturated carbocycles. The molecule has 0 aliphatic carbocycles. The molecule has 5 aromatic rings. The van der Waals surface area contributed by atoms with Crippen molar-refractivity contribution < 1.29 is 0 Å². The maximum atomic E-state index is 4.95. The summed E-state index contributed by atoms with van der Waals surface area (Å²) in [4.78, 5) is 12.9. The van der Waals surface area contributed by atoms with Gasteiger partial charge in [0.25, 0.3) is 0 Å². The first-order valence-corrected chi connectivity index (χ1v) is 13.1. The Kier molecular flexibility index (Phi) is 7.39. The van der Waals surface area contributed by atoms with Crippen molar-refractivity contribution in [2.45, 2.75) is 37.9 Å². The van der Waals surface area contributed by atoms with Crippen molar-refractivity contribution >= 4 is 11.8 Å². The Balaban J connectivity index is 1.16. The molecule has 0 aliphatic heterocycles. The lowest BCUT2D eigenvalue weighted by molar-refractivity contribution is 0.544. The molecule has 0 bridgehead atoms. The number of aryl methyl sites for hydroxylation is 2. The average Bonchev–Trinajstić information content (AvgIpc) is 3.51. The second kappa shape index (κ2) is 11.2. The van der Waals surface area contributed by atoms with Gasteiger partial charge in [-0.3, -0.25) is 9.67 Å². The lowest BCUT2D eigenvalue weighted by Crippen LogP contribution is -2.02. The molecule has 5 rings (SSSR count). The third kappa shape index (κ3) is 5.72. The van der Waals surface area contributed by atoms with Crippen LogP contribution in [0.1, 0.15) is 25.0 Å². The first-order chi connectivity index (χ1) is 17.3. The molecule has 3 heterocycles. The maximum Gasteiger partial charge on any atom is 0.166 e. The average molecular weight is 480 g/mol. The van der Waals surface area contributed by atoms with Crippen LogP contribution in [0.25, 0.3) is 33.9 Å². The van der Waals surface area contributed by atoms with Crippen LogP contribution in [0.15, 0.2) is 96.3 Å². The summed E-state index contributed by atoms with van der Waals surface area (Å²) in [5.74, 6) is 1.03. The summed E-state index contributed by atoms with van der Waals surface area (Å²) in [7, 11) is 0. The highest BCUT2D eigenvalue weighted by atomic mass is 32.2. The quantitative estimate of drug-likeness (QED) is 0.169. The van der Waals surface area contributed by atoms with Gasteiger partial charge in [-0.1, -0.05) is 84.9 Å². The highest BCUT2D eigenvalue weighted by Gasteiger charge is 2.14. The van der Waals surface area contributed by atoms with Crippen molar-refractivity contribution in [3.8, 4) is 33.9 Å². The Hall–Kier alpha value is -3.64. The van der Waals surface area contributed by atoms with Crippen LogP contribution in [0.3, 0.4) is 0 Å². The van der Waals surface area contributed by atoms with Crippen LogP contribution in [0.4, 0.5) is 0 Å². The first-order valence-electron chi connectivity index (χ1n) is 12.1. The SMILES string of the molecule is Cc1cc(-c2ccccn2)nn1CCCCCSc1nc(-c2ccccc2)c(-c2ccccc2)[nH]1. The third-order valence-electron chi connectivity index (χ3n) is 5.95. The van der Waals surface area contributed by atoms with Gasteiger partial charge in [0.15, 0.2) is 5.16 Å². The van der Waals surface area contributed by atoms with Crippen molar-refractivity contribution in [2.75, 3.05) is 5.75 Å². The summed E-state index contributed by atoms with van der Waals surface area (Å²) in [6, 6.07) is 28.9. The van der Waals surface area contributed by atoms with Crippen molar-refractivity contribution in [1.82, 2.24) is 24.7 Å². The molecule has 0 aliphatic rings. The second-order valence-electron chi connectivity index (χ2n) is 8.52. The predicted molar refractivity (Wildman–Crippen MR) is 144 cm³/mol. The number of nitrogens with one attached hydrogen (secondary N) is 1. The maximum absolute atomic E-state index is 4.95. The Bertz CT molecular complexity index is 1290. The van der Waals surface area contributed by atoms with E-state index in [9.17, 15) is 0 Å². The number of hydrogen-bond donors (Lipinski definition) is 1. The number of thioether (sulfide) groups is 1. The molecule has 176 valence electrons. The largest absolute Gasteiger partial charge is 0.332 e. The fourth-order valence-electron chi connectivity index (χ4n) is 4.12. The Morgan fingerprint density at radius 3 is 2.29 bits per heavy atom. The number of aromatic amines is 1. The molecule has 0 amide bonds. The molecule has 1 N–H and O–H groups in total. The van der Waals surface area contributed by atoms with E-state index in [-0.39, 0.29) is 0 Å². The Morgan fingerprint density at radius 2 is 1.54 bits per heavy atom. The lowest BCUT2D eigenvalue weighted by atomic mass is 10.1. The smallest absolute Gasteiger partial charge is 0.166 e. The molecule has 0 radical (unpaired) electrons. The standard InChI is InChI=1S/C29H29N5S/c1-22-21-26(25-17-9-10-18-30-25)33-34(22)19-11-4-12-20-35-29-31-27(23-13-5-2-6-14-23)28(32-29)24-15-7-3-8-16-24/h2-3,5-10,13-18,21H,4,11-12,19-20H2,1H3,(H,31,32). The van der Waals surface area contributed by atoms with Gasteiger partial charge < -0.3 is 4.98 Å². The topological polar surface area (TPSA) is 59.4 Å². The number of pyridine rings is 1. The van der Waals surface area contributed by atoms with Gasteiger partial charge in [0.1, 0.15) is 5.69 Å². The Labute approximate surface area is 210 Å². The van der Waals surface area contributed by atoms with E-state index in [4.69, 9.17) is 10.1 Å². The van der Waals surface area contributed by atoms with E-state index >= 15 is 0 Å². The Morgan fingerprint density at radius 1 is 0.800 bits per heavy atom. The minimum absolute atomic E-state index is 0.925. The number of imidazole rings is 1. The zero-order valence-electron chi connectivity index (χ0n) is 19.9. The van der Waals surface area contributed by atoms with Crippen molar-refractivity contribution in [2.24, 2.45) is 0 Å². The zero-order valence-corrected chi connectivity index (χ0v) is 20.7. The van der Waals surface area contributed by atoms with Gasteiger partial charge in [-0.15, -0.1) is 0 Å². The number of aromatic nitrogens is 5. The zero-order chi connectivity index (χ0) is 23.9. The van der Waals surface area contributed by atoms with Gasteiger partial charge in [0.2, 0.25) is 0 Å². The molecule has 0 spiro atoms. The minimum atomic E-state index is 0.925. The van der Waals surface area contributed by atoms with Crippen LogP contribution < -0.4 is 0 Å². The van der Waals surface area contributed by atoms with Gasteiger partial charge in [-0.25, -0.2) is 4.98 Å². The van der Waals surface area contributed by atoms with Gasteiger partial charge in [-0.2, -0.15) is 5.10 Å². The summed E-state index contributed by atoms with van der Waals surface area (Å²) in [6.07, 6.45) is 5.21. The van der Waals surface area contributed by atoms with E-state index in [2.05, 4.69) is 76.2 Å². The molecule has 35 heavy (non-hydrogen) atoms. The molecular weight excluding hydrogens is 450 g/mol. The molecule has 0 atom stereocenters. The summed E-state index contributed by atoms with van der Waals surface area (Å²) in [6.45, 7) is 3.04. The summed E-state index contributed by atoms with van der Waals surface area (Å²) < 4.78 is 2.10. The van der Waals surface area contributed by atoms with Crippen LogP contribution in [-0.2, 0) is 6.54 Å². The fraction of sp³-hybridized carbons (Fsp3) is 0.207. The van der Waals surface area contributed by atoms with Gasteiger partial charge in [0, 0.05) is 35.3 Å². The number of nitrogens with zero attached hydrogens (tertiary/aromatic N) is 4. The highest BCUT2D eigenvalue weighted by Crippen LogP contribution is 2.32.